The lowest BCUT2D eigenvalue weighted by molar-refractivity contribution is 0.276. The lowest BCUT2D eigenvalue weighted by Gasteiger charge is -2.14. The zero-order chi connectivity index (χ0) is 11.4. The van der Waals surface area contributed by atoms with Crippen LogP contribution in [0.3, 0.4) is 0 Å². The average molecular weight is 234 g/mol. The molecular weight excluding hydrogens is 221 g/mol. The Labute approximate surface area is 92.6 Å². The summed E-state index contributed by atoms with van der Waals surface area (Å²) in [6.45, 7) is -0.0731. The van der Waals surface area contributed by atoms with Crippen molar-refractivity contribution in [3.8, 4) is 5.75 Å². The number of halogens is 2. The van der Waals surface area contributed by atoms with Gasteiger partial charge >= 0.3 is 0 Å². The highest BCUT2D eigenvalue weighted by atomic mass is 35.5. The van der Waals surface area contributed by atoms with E-state index in [9.17, 15) is 4.39 Å². The SMILES string of the molecule is COc1cc(F)cc(C(N)CCO)c1Cl. The number of rotatable bonds is 4. The van der Waals surface area contributed by atoms with Crippen molar-refractivity contribution in [2.24, 2.45) is 5.73 Å². The van der Waals surface area contributed by atoms with E-state index in [1.54, 1.807) is 0 Å². The highest BCUT2D eigenvalue weighted by molar-refractivity contribution is 6.32. The van der Waals surface area contributed by atoms with Crippen LogP contribution in [0, 0.1) is 5.82 Å². The second kappa shape index (κ2) is 5.30. The Morgan fingerprint density at radius 1 is 1.60 bits per heavy atom. The van der Waals surface area contributed by atoms with Gasteiger partial charge < -0.3 is 15.6 Å². The number of hydrogen-bond donors (Lipinski definition) is 2. The predicted octanol–water partition coefficient (Wildman–Crippen LogP) is 1.87. The molecule has 0 amide bonds. The van der Waals surface area contributed by atoms with E-state index >= 15 is 0 Å². The fourth-order valence-corrected chi connectivity index (χ4v) is 1.62. The van der Waals surface area contributed by atoms with Crippen molar-refractivity contribution in [2.75, 3.05) is 13.7 Å². The van der Waals surface area contributed by atoms with Crippen molar-refractivity contribution in [1.29, 1.82) is 0 Å². The molecule has 0 aliphatic rings. The number of nitrogens with two attached hydrogens (primary N) is 1. The molecule has 0 aliphatic carbocycles. The fraction of sp³-hybridized carbons (Fsp3) is 0.400. The average Bonchev–Trinajstić information content (AvgIpc) is 2.21. The zero-order valence-electron chi connectivity index (χ0n) is 8.34. The molecule has 0 heterocycles. The topological polar surface area (TPSA) is 55.5 Å². The van der Waals surface area contributed by atoms with Crippen LogP contribution in [0.1, 0.15) is 18.0 Å². The maximum Gasteiger partial charge on any atom is 0.140 e. The third-order valence-corrected chi connectivity index (χ3v) is 2.50. The molecule has 0 saturated heterocycles. The van der Waals surface area contributed by atoms with Gasteiger partial charge in [-0.25, -0.2) is 4.39 Å². The molecule has 1 aromatic rings. The van der Waals surface area contributed by atoms with Crippen LogP contribution >= 0.6 is 11.6 Å². The molecule has 0 spiro atoms. The van der Waals surface area contributed by atoms with Gasteiger partial charge in [0.15, 0.2) is 0 Å². The van der Waals surface area contributed by atoms with E-state index < -0.39 is 11.9 Å². The minimum atomic E-state index is -0.493. The molecule has 1 unspecified atom stereocenters. The first kappa shape index (κ1) is 12.2. The predicted molar refractivity (Wildman–Crippen MR) is 56.6 cm³/mol. The molecule has 1 atom stereocenters. The number of ether oxygens (including phenoxy) is 1. The third kappa shape index (κ3) is 2.81. The Bertz CT molecular complexity index is 346. The molecule has 0 aliphatic heterocycles. The van der Waals surface area contributed by atoms with Crippen LogP contribution in [0.5, 0.6) is 5.75 Å². The van der Waals surface area contributed by atoms with Gasteiger partial charge in [-0.05, 0) is 18.1 Å². The molecule has 3 N–H and O–H groups in total. The van der Waals surface area contributed by atoms with Crippen molar-refractivity contribution in [3.63, 3.8) is 0 Å². The number of aliphatic hydroxyl groups excluding tert-OH is 1. The second-order valence-corrected chi connectivity index (χ2v) is 3.51. The molecule has 0 radical (unpaired) electrons. The van der Waals surface area contributed by atoms with E-state index in [4.69, 9.17) is 27.2 Å². The summed E-state index contributed by atoms with van der Waals surface area (Å²) in [6, 6.07) is 1.95. The lowest BCUT2D eigenvalue weighted by atomic mass is 10.0. The third-order valence-electron chi connectivity index (χ3n) is 2.09. The molecular formula is C10H13ClFNO2. The van der Waals surface area contributed by atoms with Gasteiger partial charge in [-0.2, -0.15) is 0 Å². The van der Waals surface area contributed by atoms with E-state index in [1.807, 2.05) is 0 Å². The Kier molecular flexibility index (Phi) is 4.32. The van der Waals surface area contributed by atoms with E-state index in [-0.39, 0.29) is 12.4 Å². The first-order valence-corrected chi connectivity index (χ1v) is 4.87. The minimum absolute atomic E-state index is 0.0731. The van der Waals surface area contributed by atoms with Gasteiger partial charge in [-0.15, -0.1) is 0 Å². The van der Waals surface area contributed by atoms with Crippen LogP contribution in [0.2, 0.25) is 5.02 Å². The summed E-state index contributed by atoms with van der Waals surface area (Å²) in [5, 5.41) is 9.03. The number of methoxy groups -OCH3 is 1. The standard InChI is InChI=1S/C10H13ClFNO2/c1-15-9-5-6(12)4-7(10(9)11)8(13)2-3-14/h4-5,8,14H,2-3,13H2,1H3. The molecule has 0 aromatic heterocycles. The summed E-state index contributed by atoms with van der Waals surface area (Å²) >= 11 is 5.96. The summed E-state index contributed by atoms with van der Waals surface area (Å²) in [4.78, 5) is 0. The Hall–Kier alpha value is -0.840. The van der Waals surface area contributed by atoms with E-state index in [2.05, 4.69) is 0 Å². The summed E-state index contributed by atoms with van der Waals surface area (Å²) in [7, 11) is 1.40. The smallest absolute Gasteiger partial charge is 0.140 e. The fourth-order valence-electron chi connectivity index (χ4n) is 1.30. The van der Waals surface area contributed by atoms with Crippen molar-refractivity contribution in [3.05, 3.63) is 28.5 Å². The molecule has 1 rings (SSSR count). The molecule has 5 heteroatoms. The maximum atomic E-state index is 13.1. The van der Waals surface area contributed by atoms with Gasteiger partial charge in [-0.1, -0.05) is 11.6 Å². The van der Waals surface area contributed by atoms with Crippen molar-refractivity contribution in [2.45, 2.75) is 12.5 Å². The Balaban J connectivity index is 3.11. The first-order chi connectivity index (χ1) is 7.10. The number of benzene rings is 1. The van der Waals surface area contributed by atoms with E-state index in [0.29, 0.717) is 17.0 Å². The summed E-state index contributed by atoms with van der Waals surface area (Å²) in [5.41, 5.74) is 6.18. The monoisotopic (exact) mass is 233 g/mol. The number of hydrogen-bond acceptors (Lipinski definition) is 3. The van der Waals surface area contributed by atoms with Crippen LogP contribution < -0.4 is 10.5 Å². The molecule has 0 fully saturated rings. The van der Waals surface area contributed by atoms with Gasteiger partial charge in [0.2, 0.25) is 0 Å². The van der Waals surface area contributed by atoms with Gasteiger partial charge in [0.25, 0.3) is 0 Å². The Morgan fingerprint density at radius 2 is 2.27 bits per heavy atom. The van der Waals surface area contributed by atoms with Crippen molar-refractivity contribution < 1.29 is 14.2 Å². The molecule has 0 bridgehead atoms. The zero-order valence-corrected chi connectivity index (χ0v) is 9.09. The molecule has 1 aromatic carbocycles. The van der Waals surface area contributed by atoms with Crippen LogP contribution in [0.25, 0.3) is 0 Å². The van der Waals surface area contributed by atoms with Crippen LogP contribution in [-0.2, 0) is 0 Å². The first-order valence-electron chi connectivity index (χ1n) is 4.49. The van der Waals surface area contributed by atoms with Gasteiger partial charge in [-0.3, -0.25) is 0 Å². The lowest BCUT2D eigenvalue weighted by Crippen LogP contribution is -2.13. The Morgan fingerprint density at radius 3 is 2.80 bits per heavy atom. The van der Waals surface area contributed by atoms with Crippen LogP contribution in [0.4, 0.5) is 4.39 Å². The second-order valence-electron chi connectivity index (χ2n) is 3.13. The summed E-state index contributed by atoms with van der Waals surface area (Å²) < 4.78 is 18.0. The largest absolute Gasteiger partial charge is 0.495 e. The van der Waals surface area contributed by atoms with Gasteiger partial charge in [0.05, 0.1) is 12.1 Å². The van der Waals surface area contributed by atoms with E-state index in [1.165, 1.54) is 19.2 Å². The quantitative estimate of drug-likeness (QED) is 0.835. The van der Waals surface area contributed by atoms with Gasteiger partial charge in [0.1, 0.15) is 11.6 Å². The summed E-state index contributed by atoms with van der Waals surface area (Å²) in [6.07, 6.45) is 0.326. The van der Waals surface area contributed by atoms with Crippen molar-refractivity contribution in [1.82, 2.24) is 0 Å². The molecule has 3 nitrogen and oxygen atoms in total. The van der Waals surface area contributed by atoms with Crippen molar-refractivity contribution >= 4 is 11.6 Å². The normalized spacial score (nSPS) is 12.6. The number of aliphatic hydroxyl groups is 1. The highest BCUT2D eigenvalue weighted by Crippen LogP contribution is 2.33. The molecule has 84 valence electrons. The highest BCUT2D eigenvalue weighted by Gasteiger charge is 2.15. The molecule has 0 saturated carbocycles. The van der Waals surface area contributed by atoms with Gasteiger partial charge in [0, 0.05) is 18.7 Å². The minimum Gasteiger partial charge on any atom is -0.495 e. The van der Waals surface area contributed by atoms with Crippen LogP contribution in [0.15, 0.2) is 12.1 Å². The van der Waals surface area contributed by atoms with E-state index in [0.717, 1.165) is 0 Å². The van der Waals surface area contributed by atoms with Crippen LogP contribution in [-0.4, -0.2) is 18.8 Å². The molecule has 15 heavy (non-hydrogen) atoms. The summed E-state index contributed by atoms with van der Waals surface area (Å²) in [5.74, 6) is -0.209. The maximum absolute atomic E-state index is 13.1.